The Morgan fingerprint density at radius 1 is 1.12 bits per heavy atom. The Hall–Kier alpha value is -3.20. The molecular formula is C23H23F3N4O2. The van der Waals surface area contributed by atoms with Gasteiger partial charge in [0.05, 0.1) is 17.8 Å². The number of nitrogens with zero attached hydrogens (tertiary/aromatic N) is 3. The number of halogens is 3. The number of likely N-dealkylation sites (tertiary alicyclic amines) is 1. The summed E-state index contributed by atoms with van der Waals surface area (Å²) in [5.41, 5.74) is 0.955. The Balaban J connectivity index is 1.31. The lowest BCUT2D eigenvalue weighted by Gasteiger charge is -2.29. The molecule has 1 amide bonds. The fourth-order valence-electron chi connectivity index (χ4n) is 3.79. The van der Waals surface area contributed by atoms with E-state index in [0.717, 1.165) is 30.0 Å². The summed E-state index contributed by atoms with van der Waals surface area (Å²) < 4.78 is 44.8. The number of carbonyl (C=O) groups excluding carboxylic acids is 1. The van der Waals surface area contributed by atoms with Crippen LogP contribution >= 0.6 is 0 Å². The summed E-state index contributed by atoms with van der Waals surface area (Å²) in [5, 5.41) is 6.47. The van der Waals surface area contributed by atoms with Gasteiger partial charge in [0, 0.05) is 11.5 Å². The second-order valence-electron chi connectivity index (χ2n) is 7.96. The molecule has 0 bridgehead atoms. The highest BCUT2D eigenvalue weighted by molar-refractivity contribution is 5.93. The second-order valence-corrected chi connectivity index (χ2v) is 7.96. The molecule has 168 valence electrons. The fraction of sp³-hybridized carbons (Fsp3) is 0.348. The predicted molar refractivity (Wildman–Crippen MR) is 113 cm³/mol. The number of alkyl halides is 3. The van der Waals surface area contributed by atoms with Crippen molar-refractivity contribution in [1.29, 1.82) is 0 Å². The lowest BCUT2D eigenvalue weighted by molar-refractivity contribution is -0.137. The Morgan fingerprint density at radius 2 is 1.81 bits per heavy atom. The van der Waals surface area contributed by atoms with Crippen molar-refractivity contribution < 1.29 is 22.5 Å². The smallest absolute Gasteiger partial charge is 0.339 e. The van der Waals surface area contributed by atoms with Crippen LogP contribution in [-0.4, -0.2) is 40.6 Å². The van der Waals surface area contributed by atoms with E-state index in [1.807, 2.05) is 36.1 Å². The van der Waals surface area contributed by atoms with E-state index >= 15 is 0 Å². The van der Waals surface area contributed by atoms with Crippen molar-refractivity contribution in [3.8, 4) is 11.4 Å². The number of aryl methyl sites for hydroxylation is 1. The van der Waals surface area contributed by atoms with Gasteiger partial charge in [0.25, 0.3) is 0 Å². The van der Waals surface area contributed by atoms with Crippen LogP contribution in [-0.2, 0) is 11.0 Å². The van der Waals surface area contributed by atoms with Crippen molar-refractivity contribution in [2.45, 2.75) is 31.9 Å². The molecule has 0 spiro atoms. The molecule has 0 atom stereocenters. The van der Waals surface area contributed by atoms with Crippen LogP contribution in [0.3, 0.4) is 0 Å². The second kappa shape index (κ2) is 9.12. The van der Waals surface area contributed by atoms with Crippen LogP contribution < -0.4 is 5.32 Å². The number of piperidine rings is 1. The molecule has 2 aromatic carbocycles. The molecule has 1 fully saturated rings. The molecule has 1 aromatic heterocycles. The first-order valence-electron chi connectivity index (χ1n) is 10.4. The van der Waals surface area contributed by atoms with Gasteiger partial charge in [-0.2, -0.15) is 18.2 Å². The Bertz CT molecular complexity index is 1070. The molecule has 32 heavy (non-hydrogen) atoms. The molecule has 0 radical (unpaired) electrons. The van der Waals surface area contributed by atoms with Crippen LogP contribution in [0, 0.1) is 6.92 Å². The number of benzene rings is 2. The number of carbonyl (C=O) groups is 1. The summed E-state index contributed by atoms with van der Waals surface area (Å²) >= 11 is 0. The zero-order valence-electron chi connectivity index (χ0n) is 17.5. The van der Waals surface area contributed by atoms with E-state index < -0.39 is 17.6 Å². The van der Waals surface area contributed by atoms with Crippen LogP contribution in [0.25, 0.3) is 11.4 Å². The number of amides is 1. The monoisotopic (exact) mass is 444 g/mol. The predicted octanol–water partition coefficient (Wildman–Crippen LogP) is 4.88. The van der Waals surface area contributed by atoms with Crippen molar-refractivity contribution in [3.63, 3.8) is 0 Å². The molecular weight excluding hydrogens is 421 g/mol. The highest BCUT2D eigenvalue weighted by Gasteiger charge is 2.34. The topological polar surface area (TPSA) is 71.3 Å². The Morgan fingerprint density at radius 3 is 2.50 bits per heavy atom. The van der Waals surface area contributed by atoms with Gasteiger partial charge in [-0.1, -0.05) is 47.1 Å². The zero-order valence-corrected chi connectivity index (χ0v) is 17.5. The highest BCUT2D eigenvalue weighted by Crippen LogP contribution is 2.34. The minimum Gasteiger partial charge on any atom is -0.339 e. The molecule has 6 nitrogen and oxygen atoms in total. The number of nitrogens with one attached hydrogen (secondary N) is 1. The summed E-state index contributed by atoms with van der Waals surface area (Å²) in [6.07, 6.45) is -3.08. The number of rotatable bonds is 5. The minimum absolute atomic E-state index is 0.0252. The van der Waals surface area contributed by atoms with Crippen LogP contribution in [0.15, 0.2) is 53.1 Å². The van der Waals surface area contributed by atoms with Gasteiger partial charge in [0.2, 0.25) is 17.6 Å². The molecule has 1 aliphatic heterocycles. The van der Waals surface area contributed by atoms with Gasteiger partial charge in [0.1, 0.15) is 0 Å². The van der Waals surface area contributed by atoms with Gasteiger partial charge in [-0.05, 0) is 45.0 Å². The summed E-state index contributed by atoms with van der Waals surface area (Å²) in [7, 11) is 0. The molecule has 0 aliphatic carbocycles. The maximum atomic E-state index is 13.1. The van der Waals surface area contributed by atoms with E-state index in [0.29, 0.717) is 24.8 Å². The van der Waals surface area contributed by atoms with E-state index in [9.17, 15) is 18.0 Å². The lowest BCUT2D eigenvalue weighted by Crippen LogP contribution is -2.39. The van der Waals surface area contributed by atoms with Crippen molar-refractivity contribution in [1.82, 2.24) is 15.0 Å². The largest absolute Gasteiger partial charge is 0.418 e. The lowest BCUT2D eigenvalue weighted by atomic mass is 9.97. The molecule has 1 aliphatic rings. The minimum atomic E-state index is -4.52. The first-order chi connectivity index (χ1) is 15.3. The van der Waals surface area contributed by atoms with E-state index in [4.69, 9.17) is 4.52 Å². The standard InChI is InChI=1S/C23H23F3N4O2/c1-15-6-8-16(9-7-15)21-28-22(32-29-21)17-10-12-30(13-11-17)14-20(31)27-19-5-3-2-4-18(19)23(24,25)26/h2-9,17H,10-14H2,1H3,(H,27,31). The zero-order chi connectivity index (χ0) is 22.7. The maximum Gasteiger partial charge on any atom is 0.418 e. The Labute approximate surface area is 183 Å². The van der Waals surface area contributed by atoms with Crippen LogP contribution in [0.5, 0.6) is 0 Å². The molecule has 1 saturated heterocycles. The quantitative estimate of drug-likeness (QED) is 0.607. The van der Waals surface area contributed by atoms with E-state index in [1.165, 1.54) is 18.2 Å². The average Bonchev–Trinajstić information content (AvgIpc) is 3.24. The molecule has 4 rings (SSSR count). The van der Waals surface area contributed by atoms with E-state index in [-0.39, 0.29) is 18.2 Å². The molecule has 2 heterocycles. The van der Waals surface area contributed by atoms with E-state index in [2.05, 4.69) is 15.5 Å². The van der Waals surface area contributed by atoms with Crippen LogP contribution in [0.1, 0.15) is 35.8 Å². The van der Waals surface area contributed by atoms with Gasteiger partial charge < -0.3 is 9.84 Å². The molecule has 0 saturated carbocycles. The van der Waals surface area contributed by atoms with Crippen molar-refractivity contribution in [2.75, 3.05) is 25.0 Å². The van der Waals surface area contributed by atoms with Crippen LogP contribution in [0.4, 0.5) is 18.9 Å². The average molecular weight is 444 g/mol. The molecule has 0 unspecified atom stereocenters. The van der Waals surface area contributed by atoms with E-state index in [1.54, 1.807) is 0 Å². The van der Waals surface area contributed by atoms with Gasteiger partial charge >= 0.3 is 6.18 Å². The summed E-state index contributed by atoms with van der Waals surface area (Å²) in [6, 6.07) is 12.8. The summed E-state index contributed by atoms with van der Waals surface area (Å²) in [6.45, 7) is 3.26. The third kappa shape index (κ3) is 5.16. The SMILES string of the molecule is Cc1ccc(-c2noc(C3CCN(CC(=O)Nc4ccccc4C(F)(F)F)CC3)n2)cc1. The molecule has 9 heteroatoms. The van der Waals surface area contributed by atoms with Gasteiger partial charge in [-0.3, -0.25) is 9.69 Å². The number of hydrogen-bond donors (Lipinski definition) is 1. The van der Waals surface area contributed by atoms with Gasteiger partial charge in [-0.25, -0.2) is 0 Å². The van der Waals surface area contributed by atoms with Crippen molar-refractivity contribution >= 4 is 11.6 Å². The van der Waals surface area contributed by atoms with Crippen molar-refractivity contribution in [3.05, 3.63) is 65.5 Å². The number of aromatic nitrogens is 2. The first kappa shape index (κ1) is 22.0. The summed E-state index contributed by atoms with van der Waals surface area (Å²) in [4.78, 5) is 18.8. The third-order valence-corrected chi connectivity index (χ3v) is 5.56. The number of hydrogen-bond acceptors (Lipinski definition) is 5. The normalized spacial score (nSPS) is 15.6. The van der Waals surface area contributed by atoms with Crippen molar-refractivity contribution in [2.24, 2.45) is 0 Å². The molecule has 3 aromatic rings. The number of anilines is 1. The fourth-order valence-corrected chi connectivity index (χ4v) is 3.79. The molecule has 1 N–H and O–H groups in total. The Kier molecular flexibility index (Phi) is 6.27. The van der Waals surface area contributed by atoms with Gasteiger partial charge in [0.15, 0.2) is 0 Å². The van der Waals surface area contributed by atoms with Crippen LogP contribution in [0.2, 0.25) is 0 Å². The maximum absolute atomic E-state index is 13.1. The highest BCUT2D eigenvalue weighted by atomic mass is 19.4. The van der Waals surface area contributed by atoms with Gasteiger partial charge in [-0.15, -0.1) is 0 Å². The summed E-state index contributed by atoms with van der Waals surface area (Å²) in [5.74, 6) is 0.737. The third-order valence-electron chi connectivity index (χ3n) is 5.56. The first-order valence-corrected chi connectivity index (χ1v) is 10.4. The number of para-hydroxylation sites is 1.